The molecule has 28 heavy (non-hydrogen) atoms. The van der Waals surface area contributed by atoms with Crippen LogP contribution < -0.4 is 4.74 Å². The molecule has 7 nitrogen and oxygen atoms in total. The van der Waals surface area contributed by atoms with Gasteiger partial charge in [0.1, 0.15) is 5.75 Å². The number of carbonyl (C=O) groups is 1. The van der Waals surface area contributed by atoms with Crippen LogP contribution in [0.15, 0.2) is 36.4 Å². The summed E-state index contributed by atoms with van der Waals surface area (Å²) in [5.41, 5.74) is 2.95. The molecule has 0 radical (unpaired) electrons. The number of benzene rings is 1. The standard InChI is InChI=1S/C19H14F2N4O3/c1-9-6-10(2)22-16-15(9)17-23-13(8-14(18(26)27)25(17)24-16)11-4-3-5-12(7-11)28-19(20)21/h3-8,19H,1-2H3,(H,26,27). The van der Waals surface area contributed by atoms with Gasteiger partial charge in [0.2, 0.25) is 0 Å². The minimum Gasteiger partial charge on any atom is -0.477 e. The van der Waals surface area contributed by atoms with E-state index in [0.29, 0.717) is 27.9 Å². The molecule has 0 saturated carbocycles. The number of hydrogen-bond donors (Lipinski definition) is 1. The number of aromatic nitrogens is 4. The number of pyridine rings is 1. The van der Waals surface area contributed by atoms with Gasteiger partial charge in [-0.2, -0.15) is 8.78 Å². The van der Waals surface area contributed by atoms with E-state index in [9.17, 15) is 18.7 Å². The quantitative estimate of drug-likeness (QED) is 0.575. The summed E-state index contributed by atoms with van der Waals surface area (Å²) in [7, 11) is 0. The van der Waals surface area contributed by atoms with Crippen LogP contribution in [0.3, 0.4) is 0 Å². The minimum absolute atomic E-state index is 0.0436. The Balaban J connectivity index is 2.00. The fourth-order valence-corrected chi connectivity index (χ4v) is 3.15. The van der Waals surface area contributed by atoms with E-state index in [1.54, 1.807) is 6.07 Å². The van der Waals surface area contributed by atoms with Gasteiger partial charge in [0.15, 0.2) is 17.0 Å². The van der Waals surface area contributed by atoms with E-state index in [0.717, 1.165) is 11.3 Å². The maximum atomic E-state index is 12.5. The van der Waals surface area contributed by atoms with E-state index in [1.165, 1.54) is 28.8 Å². The molecular weight excluding hydrogens is 370 g/mol. The first-order valence-corrected chi connectivity index (χ1v) is 8.30. The molecule has 0 unspecified atom stereocenters. The monoisotopic (exact) mass is 384 g/mol. The Morgan fingerprint density at radius 2 is 1.96 bits per heavy atom. The van der Waals surface area contributed by atoms with Gasteiger partial charge in [-0.1, -0.05) is 12.1 Å². The van der Waals surface area contributed by atoms with Crippen LogP contribution in [0.4, 0.5) is 8.78 Å². The second kappa shape index (κ2) is 6.52. The van der Waals surface area contributed by atoms with Crippen molar-refractivity contribution in [1.82, 2.24) is 19.6 Å². The number of alkyl halides is 2. The number of carboxylic acids is 1. The predicted molar refractivity (Wildman–Crippen MR) is 96.8 cm³/mol. The Hall–Kier alpha value is -3.62. The zero-order valence-corrected chi connectivity index (χ0v) is 14.8. The number of halogens is 2. The third-order valence-corrected chi connectivity index (χ3v) is 4.25. The molecule has 3 aromatic heterocycles. The van der Waals surface area contributed by atoms with Gasteiger partial charge in [0.25, 0.3) is 0 Å². The van der Waals surface area contributed by atoms with Crippen molar-refractivity contribution < 1.29 is 23.4 Å². The molecule has 0 fully saturated rings. The number of rotatable bonds is 4. The lowest BCUT2D eigenvalue weighted by molar-refractivity contribution is -0.0498. The molecular formula is C19H14F2N4O3. The smallest absolute Gasteiger partial charge is 0.387 e. The van der Waals surface area contributed by atoms with Gasteiger partial charge in [0, 0.05) is 11.3 Å². The molecule has 9 heteroatoms. The summed E-state index contributed by atoms with van der Waals surface area (Å²) in [6, 6.07) is 9.13. The molecule has 4 rings (SSSR count). The van der Waals surface area contributed by atoms with Crippen molar-refractivity contribution >= 4 is 22.6 Å². The van der Waals surface area contributed by atoms with Crippen molar-refractivity contribution in [3.63, 3.8) is 0 Å². The third kappa shape index (κ3) is 3.00. The van der Waals surface area contributed by atoms with Crippen LogP contribution in [0.2, 0.25) is 0 Å². The lowest BCUT2D eigenvalue weighted by atomic mass is 10.1. The lowest BCUT2D eigenvalue weighted by Gasteiger charge is -2.08. The Kier molecular flexibility index (Phi) is 4.14. The minimum atomic E-state index is -2.96. The number of fused-ring (bicyclic) bond motifs is 3. The Morgan fingerprint density at radius 1 is 1.18 bits per heavy atom. The molecule has 0 aliphatic rings. The van der Waals surface area contributed by atoms with Gasteiger partial charge in [-0.05, 0) is 43.7 Å². The van der Waals surface area contributed by atoms with Crippen LogP contribution in [-0.2, 0) is 0 Å². The molecule has 0 aliphatic carbocycles. The molecule has 3 heterocycles. The number of carboxylic acid groups (broad SMARTS) is 1. The van der Waals surface area contributed by atoms with Crippen LogP contribution in [-0.4, -0.2) is 37.3 Å². The van der Waals surface area contributed by atoms with Crippen LogP contribution in [0.5, 0.6) is 5.75 Å². The fourth-order valence-electron chi connectivity index (χ4n) is 3.15. The van der Waals surface area contributed by atoms with Gasteiger partial charge in [-0.25, -0.2) is 19.3 Å². The molecule has 0 amide bonds. The summed E-state index contributed by atoms with van der Waals surface area (Å²) in [6.45, 7) is 0.725. The van der Waals surface area contributed by atoms with Gasteiger partial charge in [0.05, 0.1) is 11.1 Å². The molecule has 142 valence electrons. The molecule has 0 aliphatic heterocycles. The van der Waals surface area contributed by atoms with Crippen molar-refractivity contribution in [2.24, 2.45) is 0 Å². The molecule has 0 atom stereocenters. The predicted octanol–water partition coefficient (Wildman–Crippen LogP) is 3.86. The van der Waals surface area contributed by atoms with Crippen LogP contribution in [0, 0.1) is 13.8 Å². The third-order valence-electron chi connectivity index (χ3n) is 4.25. The second-order valence-electron chi connectivity index (χ2n) is 6.25. The zero-order chi connectivity index (χ0) is 20.0. The summed E-state index contributed by atoms with van der Waals surface area (Å²) in [5.74, 6) is -1.24. The first-order valence-electron chi connectivity index (χ1n) is 8.30. The molecule has 4 aromatic rings. The van der Waals surface area contributed by atoms with Crippen LogP contribution in [0.1, 0.15) is 21.7 Å². The summed E-state index contributed by atoms with van der Waals surface area (Å²) in [4.78, 5) is 20.7. The van der Waals surface area contributed by atoms with E-state index in [2.05, 4.69) is 19.8 Å². The Labute approximate surface area is 157 Å². The number of hydrogen-bond acceptors (Lipinski definition) is 5. The second-order valence-corrected chi connectivity index (χ2v) is 6.25. The molecule has 1 N–H and O–H groups in total. The molecule has 0 bridgehead atoms. The normalized spacial score (nSPS) is 11.5. The molecule has 0 saturated heterocycles. The van der Waals surface area contributed by atoms with Crippen molar-refractivity contribution in [2.45, 2.75) is 20.5 Å². The number of ether oxygens (including phenoxy) is 1. The van der Waals surface area contributed by atoms with Crippen LogP contribution in [0.25, 0.3) is 27.9 Å². The van der Waals surface area contributed by atoms with Gasteiger partial charge >= 0.3 is 12.6 Å². The summed E-state index contributed by atoms with van der Waals surface area (Å²) in [5, 5.41) is 14.6. The first kappa shape index (κ1) is 17.8. The van der Waals surface area contributed by atoms with Gasteiger partial charge in [-0.15, -0.1) is 5.10 Å². The van der Waals surface area contributed by atoms with E-state index < -0.39 is 12.6 Å². The maximum absolute atomic E-state index is 12.5. The van der Waals surface area contributed by atoms with E-state index in [4.69, 9.17) is 0 Å². The average Bonchev–Trinajstić information content (AvgIpc) is 2.98. The highest BCUT2D eigenvalue weighted by Gasteiger charge is 2.19. The molecule has 1 aromatic carbocycles. The number of nitrogens with zero attached hydrogens (tertiary/aromatic N) is 4. The SMILES string of the molecule is Cc1cc(C)c2c(n1)nn1c(C(=O)O)cc(-c3cccc(OC(F)F)c3)nc21. The zero-order valence-electron chi connectivity index (χ0n) is 14.8. The first-order chi connectivity index (χ1) is 13.3. The van der Waals surface area contributed by atoms with E-state index in [1.807, 2.05) is 19.9 Å². The van der Waals surface area contributed by atoms with Crippen molar-refractivity contribution in [3.8, 4) is 17.0 Å². The largest absolute Gasteiger partial charge is 0.477 e. The van der Waals surface area contributed by atoms with Crippen molar-refractivity contribution in [2.75, 3.05) is 0 Å². The number of aryl methyl sites for hydroxylation is 2. The topological polar surface area (TPSA) is 89.6 Å². The van der Waals surface area contributed by atoms with Gasteiger partial charge in [-0.3, -0.25) is 0 Å². The highest BCUT2D eigenvalue weighted by molar-refractivity contribution is 5.96. The van der Waals surface area contributed by atoms with Crippen LogP contribution >= 0.6 is 0 Å². The highest BCUT2D eigenvalue weighted by Crippen LogP contribution is 2.28. The summed E-state index contributed by atoms with van der Waals surface area (Å²) < 4.78 is 30.7. The van der Waals surface area contributed by atoms with E-state index >= 15 is 0 Å². The van der Waals surface area contributed by atoms with Crippen molar-refractivity contribution in [3.05, 3.63) is 53.3 Å². The Bertz CT molecular complexity index is 1240. The fraction of sp³-hybridized carbons (Fsp3) is 0.158. The number of aromatic carboxylic acids is 1. The maximum Gasteiger partial charge on any atom is 0.387 e. The Morgan fingerprint density at radius 3 is 2.68 bits per heavy atom. The van der Waals surface area contributed by atoms with E-state index in [-0.39, 0.29) is 11.4 Å². The summed E-state index contributed by atoms with van der Waals surface area (Å²) in [6.07, 6.45) is 0. The van der Waals surface area contributed by atoms with Crippen molar-refractivity contribution in [1.29, 1.82) is 0 Å². The van der Waals surface area contributed by atoms with Gasteiger partial charge < -0.3 is 9.84 Å². The summed E-state index contributed by atoms with van der Waals surface area (Å²) >= 11 is 0. The molecule has 0 spiro atoms. The highest BCUT2D eigenvalue weighted by atomic mass is 19.3. The lowest BCUT2D eigenvalue weighted by Crippen LogP contribution is -2.08. The average molecular weight is 384 g/mol.